The molecule has 2 saturated heterocycles. The van der Waals surface area contributed by atoms with Crippen LogP contribution in [0.5, 0.6) is 5.75 Å². The molecule has 0 radical (unpaired) electrons. The fourth-order valence-electron chi connectivity index (χ4n) is 8.98. The average molecular weight is 467 g/mol. The van der Waals surface area contributed by atoms with Crippen LogP contribution in [0.2, 0.25) is 0 Å². The maximum Gasteiger partial charge on any atom is 0.345 e. The summed E-state index contributed by atoms with van der Waals surface area (Å²) >= 11 is 0. The standard InChI is InChI=1S/C27H30O7/c1-11-8-15(28)10-18-25(5)16(11)6-7-26-21(25)17(32-18)9-12(2)27(26)22(33-24(26)30)19-20(34-27)13(3)14(4)31-23(19)29/h8-9,16-18,21-22,24,30H,6-7,10H2,1-5H3/t16-,17+,18-,21+,22?,24-,25+,26+,27+/m0/s1. The second-order valence-corrected chi connectivity index (χ2v) is 11.5. The number of aliphatic hydroxyl groups is 1. The Hall–Kier alpha value is -2.22. The van der Waals surface area contributed by atoms with Gasteiger partial charge in [0.2, 0.25) is 0 Å². The predicted molar refractivity (Wildman–Crippen MR) is 120 cm³/mol. The summed E-state index contributed by atoms with van der Waals surface area (Å²) in [5, 5.41) is 11.7. The Balaban J connectivity index is 1.50. The van der Waals surface area contributed by atoms with E-state index >= 15 is 0 Å². The largest absolute Gasteiger partial charge is 0.478 e. The van der Waals surface area contributed by atoms with E-state index in [0.29, 0.717) is 29.9 Å². The minimum Gasteiger partial charge on any atom is -0.478 e. The molecular formula is C27H30O7. The normalized spacial score (nSPS) is 47.6. The Kier molecular flexibility index (Phi) is 3.80. The van der Waals surface area contributed by atoms with E-state index in [-0.39, 0.29) is 35.2 Å². The fraction of sp³-hybridized carbons (Fsp3) is 0.630. The minimum atomic E-state index is -1.13. The van der Waals surface area contributed by atoms with Crippen molar-refractivity contribution < 1.29 is 28.5 Å². The summed E-state index contributed by atoms with van der Waals surface area (Å²) in [4.78, 5) is 25.8. The quantitative estimate of drug-likeness (QED) is 0.585. The number of aliphatic hydroxyl groups excluding tert-OH is 1. The molecule has 3 fully saturated rings. The van der Waals surface area contributed by atoms with Crippen molar-refractivity contribution in [2.45, 2.75) is 84.1 Å². The Labute approximate surface area is 197 Å². The highest BCUT2D eigenvalue weighted by Gasteiger charge is 2.83. The third-order valence-electron chi connectivity index (χ3n) is 10.4. The monoisotopic (exact) mass is 466 g/mol. The fourth-order valence-corrected chi connectivity index (χ4v) is 8.98. The first-order valence-corrected chi connectivity index (χ1v) is 12.3. The summed E-state index contributed by atoms with van der Waals surface area (Å²) in [5.74, 6) is 1.16. The Morgan fingerprint density at radius 3 is 2.65 bits per heavy atom. The number of allylic oxidation sites excluding steroid dienone is 2. The zero-order valence-electron chi connectivity index (χ0n) is 20.1. The molecule has 9 atom stereocenters. The van der Waals surface area contributed by atoms with Crippen LogP contribution in [-0.4, -0.2) is 35.0 Å². The van der Waals surface area contributed by atoms with E-state index in [9.17, 15) is 14.7 Å². The minimum absolute atomic E-state index is 0.0931. The molecule has 1 unspecified atom stereocenters. The topological polar surface area (TPSA) is 95.2 Å². The van der Waals surface area contributed by atoms with E-state index < -0.39 is 29.0 Å². The Morgan fingerprint density at radius 2 is 1.88 bits per heavy atom. The van der Waals surface area contributed by atoms with Gasteiger partial charge in [0, 0.05) is 23.3 Å². The van der Waals surface area contributed by atoms with Crippen molar-refractivity contribution in [2.24, 2.45) is 22.7 Å². The molecule has 0 amide bonds. The van der Waals surface area contributed by atoms with Crippen molar-refractivity contribution in [3.05, 3.63) is 50.6 Å². The van der Waals surface area contributed by atoms with Gasteiger partial charge in [-0.1, -0.05) is 18.6 Å². The van der Waals surface area contributed by atoms with Gasteiger partial charge in [-0.2, -0.15) is 0 Å². The maximum atomic E-state index is 13.1. The molecule has 180 valence electrons. The second-order valence-electron chi connectivity index (χ2n) is 11.5. The van der Waals surface area contributed by atoms with E-state index in [1.807, 2.05) is 20.8 Å². The SMILES string of the molecule is CC1=CC(=O)C[C@@H]2O[C@@H]3C=C(C)[C@@]45Oc6c(C)c(C)oc(=O)c6C4O[C@H](O)[C@]54CC[C@@H]1[C@@]2(C)[C@@H]34. The second kappa shape index (κ2) is 6.12. The van der Waals surface area contributed by atoms with Gasteiger partial charge in [0.15, 0.2) is 17.7 Å². The first kappa shape index (κ1) is 21.1. The lowest BCUT2D eigenvalue weighted by molar-refractivity contribution is -0.205. The van der Waals surface area contributed by atoms with Crippen molar-refractivity contribution in [1.82, 2.24) is 0 Å². The molecule has 4 heterocycles. The summed E-state index contributed by atoms with van der Waals surface area (Å²) in [5.41, 5.74) is 0.429. The number of ether oxygens (including phenoxy) is 3. The van der Waals surface area contributed by atoms with Crippen LogP contribution in [0.4, 0.5) is 0 Å². The van der Waals surface area contributed by atoms with Crippen LogP contribution in [0.3, 0.4) is 0 Å². The summed E-state index contributed by atoms with van der Waals surface area (Å²) in [6.07, 6.45) is 3.23. The molecule has 34 heavy (non-hydrogen) atoms. The van der Waals surface area contributed by atoms with E-state index in [1.54, 1.807) is 13.0 Å². The molecular weight excluding hydrogens is 436 g/mol. The maximum absolute atomic E-state index is 13.1. The highest BCUT2D eigenvalue weighted by atomic mass is 16.7. The number of carbonyl (C=O) groups excluding carboxylic acids is 1. The number of hydrogen-bond acceptors (Lipinski definition) is 7. The third-order valence-corrected chi connectivity index (χ3v) is 10.4. The lowest BCUT2D eigenvalue weighted by atomic mass is 9.42. The van der Waals surface area contributed by atoms with Crippen LogP contribution in [0.25, 0.3) is 0 Å². The van der Waals surface area contributed by atoms with Gasteiger partial charge in [-0.15, -0.1) is 0 Å². The molecule has 7 rings (SSSR count). The zero-order valence-corrected chi connectivity index (χ0v) is 20.1. The number of carbonyl (C=O) groups is 1. The molecule has 3 aliphatic heterocycles. The molecule has 1 aromatic rings. The van der Waals surface area contributed by atoms with Crippen LogP contribution in [0.15, 0.2) is 32.5 Å². The van der Waals surface area contributed by atoms with Gasteiger partial charge in [0.25, 0.3) is 0 Å². The summed E-state index contributed by atoms with van der Waals surface area (Å²) in [7, 11) is 0. The molecule has 1 saturated carbocycles. The lowest BCUT2D eigenvalue weighted by Gasteiger charge is -2.61. The first-order chi connectivity index (χ1) is 16.1. The van der Waals surface area contributed by atoms with Crippen molar-refractivity contribution in [2.75, 3.05) is 0 Å². The van der Waals surface area contributed by atoms with Crippen LogP contribution >= 0.6 is 0 Å². The molecule has 0 bridgehead atoms. The van der Waals surface area contributed by atoms with E-state index in [1.165, 1.54) is 0 Å². The predicted octanol–water partition coefficient (Wildman–Crippen LogP) is 3.44. The molecule has 0 aromatic carbocycles. The van der Waals surface area contributed by atoms with E-state index in [4.69, 9.17) is 18.6 Å². The number of rotatable bonds is 0. The highest BCUT2D eigenvalue weighted by molar-refractivity contribution is 5.91. The van der Waals surface area contributed by atoms with Crippen LogP contribution < -0.4 is 10.4 Å². The summed E-state index contributed by atoms with van der Waals surface area (Å²) < 4.78 is 25.4. The summed E-state index contributed by atoms with van der Waals surface area (Å²) in [6, 6.07) is 0. The number of ketones is 1. The van der Waals surface area contributed by atoms with E-state index in [0.717, 1.165) is 23.1 Å². The first-order valence-electron chi connectivity index (χ1n) is 12.3. The smallest absolute Gasteiger partial charge is 0.345 e. The van der Waals surface area contributed by atoms with Crippen LogP contribution in [-0.2, 0) is 14.3 Å². The Bertz CT molecular complexity index is 1290. The molecule has 1 aromatic heterocycles. The highest BCUT2D eigenvalue weighted by Crippen LogP contribution is 2.77. The molecule has 7 heteroatoms. The van der Waals surface area contributed by atoms with Gasteiger partial charge in [0.1, 0.15) is 23.2 Å². The molecule has 3 aliphatic carbocycles. The van der Waals surface area contributed by atoms with Crippen molar-refractivity contribution in [3.8, 4) is 5.75 Å². The lowest BCUT2D eigenvalue weighted by Crippen LogP contribution is -2.67. The van der Waals surface area contributed by atoms with Crippen molar-refractivity contribution >= 4 is 5.78 Å². The Morgan fingerprint density at radius 1 is 1.12 bits per heavy atom. The molecule has 1 N–H and O–H groups in total. The number of fused-ring (bicyclic) bond motifs is 2. The van der Waals surface area contributed by atoms with Crippen LogP contribution in [0, 0.1) is 36.5 Å². The average Bonchev–Trinajstić information content (AvgIpc) is 3.30. The zero-order chi connectivity index (χ0) is 23.9. The third kappa shape index (κ3) is 1.97. The number of aryl methyl sites for hydroxylation is 1. The summed E-state index contributed by atoms with van der Waals surface area (Å²) in [6.45, 7) is 9.91. The van der Waals surface area contributed by atoms with Crippen molar-refractivity contribution in [1.29, 1.82) is 0 Å². The van der Waals surface area contributed by atoms with Gasteiger partial charge in [0.05, 0.1) is 17.6 Å². The van der Waals surface area contributed by atoms with Gasteiger partial charge in [-0.3, -0.25) is 4.79 Å². The molecule has 7 nitrogen and oxygen atoms in total. The van der Waals surface area contributed by atoms with Gasteiger partial charge in [-0.25, -0.2) is 4.79 Å². The van der Waals surface area contributed by atoms with Crippen molar-refractivity contribution in [3.63, 3.8) is 0 Å². The van der Waals surface area contributed by atoms with E-state index in [2.05, 4.69) is 13.0 Å². The van der Waals surface area contributed by atoms with Gasteiger partial charge >= 0.3 is 5.63 Å². The molecule has 2 spiro atoms. The van der Waals surface area contributed by atoms with Gasteiger partial charge < -0.3 is 23.7 Å². The van der Waals surface area contributed by atoms with Gasteiger partial charge in [-0.05, 0) is 58.1 Å². The number of hydrogen-bond donors (Lipinski definition) is 1. The molecule has 6 aliphatic rings. The van der Waals surface area contributed by atoms with Crippen LogP contribution in [0.1, 0.15) is 63.0 Å².